The number of thiophene rings is 1. The molecule has 3 aromatic heterocycles. The van der Waals surface area contributed by atoms with Gasteiger partial charge in [0.2, 0.25) is 0 Å². The Morgan fingerprint density at radius 1 is 1.21 bits per heavy atom. The molecule has 0 radical (unpaired) electrons. The Labute approximate surface area is 113 Å². The van der Waals surface area contributed by atoms with Gasteiger partial charge < -0.3 is 0 Å². The normalized spacial score (nSPS) is 10.7. The lowest BCUT2D eigenvalue weighted by Crippen LogP contribution is -2.07. The fraction of sp³-hybridized carbons (Fsp3) is 0.0714. The van der Waals surface area contributed by atoms with Gasteiger partial charge in [0.1, 0.15) is 0 Å². The van der Waals surface area contributed by atoms with E-state index in [9.17, 15) is 9.59 Å². The first-order chi connectivity index (χ1) is 9.25. The maximum atomic E-state index is 12.2. The molecule has 0 bridgehead atoms. The smallest absolute Gasteiger partial charge is 0.174 e. The maximum absolute atomic E-state index is 12.2. The van der Waals surface area contributed by atoms with Gasteiger partial charge in [-0.2, -0.15) is 16.4 Å². The highest BCUT2D eigenvalue weighted by Crippen LogP contribution is 2.15. The number of fused-ring (bicyclic) bond motifs is 1. The van der Waals surface area contributed by atoms with Gasteiger partial charge in [0.15, 0.2) is 11.6 Å². The van der Waals surface area contributed by atoms with Crippen molar-refractivity contribution in [2.24, 2.45) is 0 Å². The van der Waals surface area contributed by atoms with E-state index in [1.807, 2.05) is 23.6 Å². The van der Waals surface area contributed by atoms with Gasteiger partial charge in [-0.05, 0) is 23.6 Å². The average Bonchev–Trinajstić information content (AvgIpc) is 3.08. The summed E-state index contributed by atoms with van der Waals surface area (Å²) in [6.07, 6.45) is 3.17. The second kappa shape index (κ2) is 4.78. The number of carbonyl (C=O) groups is 2. The van der Waals surface area contributed by atoms with Crippen molar-refractivity contribution >= 4 is 28.4 Å². The lowest BCUT2D eigenvalue weighted by Gasteiger charge is -1.98. The van der Waals surface area contributed by atoms with Gasteiger partial charge in [-0.1, -0.05) is 6.07 Å². The third-order valence-corrected chi connectivity index (χ3v) is 3.57. The molecule has 0 aliphatic rings. The van der Waals surface area contributed by atoms with Crippen LogP contribution in [0.2, 0.25) is 0 Å². The molecular weight excluding hydrogens is 260 g/mol. The summed E-state index contributed by atoms with van der Waals surface area (Å²) < 4.78 is 1.63. The molecule has 3 heterocycles. The van der Waals surface area contributed by atoms with Crippen molar-refractivity contribution in [1.82, 2.24) is 9.61 Å². The van der Waals surface area contributed by atoms with Crippen LogP contribution in [0.15, 0.2) is 47.4 Å². The van der Waals surface area contributed by atoms with Gasteiger partial charge in [-0.15, -0.1) is 0 Å². The SMILES string of the molecule is O=C(CC(=O)c1cnn2ccccc12)c1ccsc1. The zero-order chi connectivity index (χ0) is 13.2. The van der Waals surface area contributed by atoms with Gasteiger partial charge in [0, 0.05) is 17.1 Å². The average molecular weight is 270 g/mol. The van der Waals surface area contributed by atoms with Crippen LogP contribution < -0.4 is 0 Å². The summed E-state index contributed by atoms with van der Waals surface area (Å²) in [6.45, 7) is 0. The number of ketones is 2. The fourth-order valence-corrected chi connectivity index (χ4v) is 2.58. The molecule has 0 unspecified atom stereocenters. The predicted molar refractivity (Wildman–Crippen MR) is 72.8 cm³/mol. The van der Waals surface area contributed by atoms with Crippen molar-refractivity contribution < 1.29 is 9.59 Å². The number of rotatable bonds is 4. The predicted octanol–water partition coefficient (Wildman–Crippen LogP) is 2.85. The number of aromatic nitrogens is 2. The standard InChI is InChI=1S/C14H10N2O2S/c17-13(10-4-6-19-9-10)7-14(18)11-8-15-16-5-2-1-3-12(11)16/h1-6,8-9H,7H2. The third kappa shape index (κ3) is 2.20. The quantitative estimate of drug-likeness (QED) is 0.541. The van der Waals surface area contributed by atoms with E-state index >= 15 is 0 Å². The molecule has 0 saturated carbocycles. The molecule has 3 rings (SSSR count). The minimum absolute atomic E-state index is 0.118. The monoisotopic (exact) mass is 270 g/mol. The minimum atomic E-state index is -0.197. The largest absolute Gasteiger partial charge is 0.294 e. The van der Waals surface area contributed by atoms with Crippen molar-refractivity contribution in [1.29, 1.82) is 0 Å². The molecule has 0 atom stereocenters. The molecule has 0 fully saturated rings. The van der Waals surface area contributed by atoms with Gasteiger partial charge in [-0.25, -0.2) is 4.52 Å². The molecule has 0 saturated heterocycles. The number of nitrogens with zero attached hydrogens (tertiary/aromatic N) is 2. The van der Waals surface area contributed by atoms with E-state index in [2.05, 4.69) is 5.10 Å². The van der Waals surface area contributed by atoms with Crippen LogP contribution >= 0.6 is 11.3 Å². The third-order valence-electron chi connectivity index (χ3n) is 2.89. The Bertz CT molecular complexity index is 744. The molecule has 3 aromatic rings. The Kier molecular flexibility index (Phi) is 2.97. The number of carbonyl (C=O) groups excluding carboxylic acids is 2. The number of hydrogen-bond donors (Lipinski definition) is 0. The topological polar surface area (TPSA) is 51.4 Å². The fourth-order valence-electron chi connectivity index (χ4n) is 1.92. The first-order valence-electron chi connectivity index (χ1n) is 5.76. The van der Waals surface area contributed by atoms with E-state index in [-0.39, 0.29) is 18.0 Å². The van der Waals surface area contributed by atoms with E-state index < -0.39 is 0 Å². The highest BCUT2D eigenvalue weighted by Gasteiger charge is 2.17. The van der Waals surface area contributed by atoms with Crippen LogP contribution in [0.5, 0.6) is 0 Å². The van der Waals surface area contributed by atoms with E-state index in [1.54, 1.807) is 22.2 Å². The van der Waals surface area contributed by atoms with Crippen molar-refractivity contribution in [3.63, 3.8) is 0 Å². The molecule has 5 heteroatoms. The van der Waals surface area contributed by atoms with Crippen LogP contribution in [0, 0.1) is 0 Å². The summed E-state index contributed by atoms with van der Waals surface area (Å²) in [7, 11) is 0. The number of hydrogen-bond acceptors (Lipinski definition) is 4. The van der Waals surface area contributed by atoms with E-state index in [1.165, 1.54) is 17.5 Å². The van der Waals surface area contributed by atoms with Crippen LogP contribution in [-0.2, 0) is 0 Å². The Hall–Kier alpha value is -2.27. The summed E-state index contributed by atoms with van der Waals surface area (Å²) in [4.78, 5) is 24.1. The molecule has 0 N–H and O–H groups in total. The van der Waals surface area contributed by atoms with E-state index in [0.29, 0.717) is 11.1 Å². The second-order valence-corrected chi connectivity index (χ2v) is 4.90. The molecular formula is C14H10N2O2S. The Morgan fingerprint density at radius 2 is 2.11 bits per heavy atom. The summed E-state index contributed by atoms with van der Waals surface area (Å²) >= 11 is 1.45. The maximum Gasteiger partial charge on any atom is 0.174 e. The van der Waals surface area contributed by atoms with Gasteiger partial charge in [0.25, 0.3) is 0 Å². The lowest BCUT2D eigenvalue weighted by molar-refractivity contribution is 0.0895. The molecule has 94 valence electrons. The van der Waals surface area contributed by atoms with Crippen LogP contribution in [0.25, 0.3) is 5.52 Å². The molecule has 0 aromatic carbocycles. The van der Waals surface area contributed by atoms with Crippen LogP contribution in [0.3, 0.4) is 0 Å². The minimum Gasteiger partial charge on any atom is -0.294 e. The molecule has 0 aliphatic heterocycles. The Morgan fingerprint density at radius 3 is 2.89 bits per heavy atom. The second-order valence-electron chi connectivity index (χ2n) is 4.12. The van der Waals surface area contributed by atoms with Gasteiger partial charge >= 0.3 is 0 Å². The molecule has 0 aliphatic carbocycles. The van der Waals surface area contributed by atoms with Crippen molar-refractivity contribution in [3.8, 4) is 0 Å². The summed E-state index contributed by atoms with van der Waals surface area (Å²) in [5.41, 5.74) is 1.81. The first-order valence-corrected chi connectivity index (χ1v) is 6.71. The van der Waals surface area contributed by atoms with E-state index in [4.69, 9.17) is 0 Å². The summed E-state index contributed by atoms with van der Waals surface area (Å²) in [6, 6.07) is 7.23. The van der Waals surface area contributed by atoms with Crippen molar-refractivity contribution in [2.45, 2.75) is 6.42 Å². The van der Waals surface area contributed by atoms with Crippen LogP contribution in [0.1, 0.15) is 27.1 Å². The van der Waals surface area contributed by atoms with E-state index in [0.717, 1.165) is 5.52 Å². The molecule has 0 amide bonds. The van der Waals surface area contributed by atoms with Crippen molar-refractivity contribution in [2.75, 3.05) is 0 Å². The van der Waals surface area contributed by atoms with Crippen molar-refractivity contribution in [3.05, 3.63) is 58.5 Å². The van der Waals surface area contributed by atoms with Gasteiger partial charge in [-0.3, -0.25) is 9.59 Å². The highest BCUT2D eigenvalue weighted by molar-refractivity contribution is 7.08. The molecule has 4 nitrogen and oxygen atoms in total. The van der Waals surface area contributed by atoms with Gasteiger partial charge in [0.05, 0.1) is 23.7 Å². The zero-order valence-electron chi connectivity index (χ0n) is 9.95. The molecule has 0 spiro atoms. The number of Topliss-reactive ketones (excluding diaryl/α,β-unsaturated/α-hetero) is 2. The molecule has 19 heavy (non-hydrogen) atoms. The number of pyridine rings is 1. The Balaban J connectivity index is 1.86. The lowest BCUT2D eigenvalue weighted by atomic mass is 10.0. The first kappa shape index (κ1) is 11.8. The highest BCUT2D eigenvalue weighted by atomic mass is 32.1. The summed E-state index contributed by atoms with van der Waals surface area (Å²) in [5.74, 6) is -0.348. The van der Waals surface area contributed by atoms with Crippen LogP contribution in [0.4, 0.5) is 0 Å². The zero-order valence-corrected chi connectivity index (χ0v) is 10.8. The van der Waals surface area contributed by atoms with Crippen LogP contribution in [-0.4, -0.2) is 21.2 Å². The summed E-state index contributed by atoms with van der Waals surface area (Å²) in [5, 5.41) is 7.68.